The lowest BCUT2D eigenvalue weighted by Gasteiger charge is -2.07. The maximum absolute atomic E-state index is 2.51. The van der Waals surface area contributed by atoms with Crippen molar-refractivity contribution in [2.75, 3.05) is 0 Å². The predicted octanol–water partition coefficient (Wildman–Crippen LogP) is 5.01. The van der Waals surface area contributed by atoms with Gasteiger partial charge in [0.05, 0.1) is 0 Å². The van der Waals surface area contributed by atoms with E-state index in [0.29, 0.717) is 0 Å². The van der Waals surface area contributed by atoms with Gasteiger partial charge in [-0.2, -0.15) is 0 Å². The van der Waals surface area contributed by atoms with E-state index in [1.165, 1.54) is 57.8 Å². The van der Waals surface area contributed by atoms with E-state index in [2.05, 4.69) is 25.2 Å². The van der Waals surface area contributed by atoms with E-state index >= 15 is 0 Å². The largest absolute Gasteiger partial charge is 0.0885 e. The van der Waals surface area contributed by atoms with Gasteiger partial charge in [-0.15, -0.1) is 0 Å². The predicted molar refractivity (Wildman–Crippen MR) is 64.5 cm³/mol. The summed E-state index contributed by atoms with van der Waals surface area (Å²) in [5.74, 6) is 0. The lowest BCUT2D eigenvalue weighted by molar-refractivity contribution is 0.717. The SMILES string of the molecule is CCCC/C1=C/CCCC/C=C/CC1. The Morgan fingerprint density at radius 2 is 1.86 bits per heavy atom. The Balaban J connectivity index is 2.35. The molecule has 1 aliphatic carbocycles. The summed E-state index contributed by atoms with van der Waals surface area (Å²) < 4.78 is 0. The van der Waals surface area contributed by atoms with E-state index < -0.39 is 0 Å². The fraction of sp³-hybridized carbons (Fsp3) is 0.714. The zero-order valence-corrected chi connectivity index (χ0v) is 9.60. The zero-order valence-electron chi connectivity index (χ0n) is 9.60. The highest BCUT2D eigenvalue weighted by molar-refractivity contribution is 5.04. The summed E-state index contributed by atoms with van der Waals surface area (Å²) in [6, 6.07) is 0. The van der Waals surface area contributed by atoms with Crippen LogP contribution in [-0.4, -0.2) is 0 Å². The summed E-state index contributed by atoms with van der Waals surface area (Å²) in [5, 5.41) is 0. The summed E-state index contributed by atoms with van der Waals surface area (Å²) in [6.45, 7) is 2.28. The molecule has 0 aromatic carbocycles. The Kier molecular flexibility index (Phi) is 6.47. The van der Waals surface area contributed by atoms with Gasteiger partial charge in [0.2, 0.25) is 0 Å². The van der Waals surface area contributed by atoms with Gasteiger partial charge < -0.3 is 0 Å². The first-order chi connectivity index (χ1) is 6.93. The molecule has 1 aliphatic rings. The van der Waals surface area contributed by atoms with E-state index in [1.807, 2.05) is 0 Å². The summed E-state index contributed by atoms with van der Waals surface area (Å²) in [4.78, 5) is 0. The molecule has 80 valence electrons. The molecular formula is C14H24. The lowest BCUT2D eigenvalue weighted by atomic mass is 10.00. The van der Waals surface area contributed by atoms with Gasteiger partial charge in [0.15, 0.2) is 0 Å². The molecule has 0 aliphatic heterocycles. The van der Waals surface area contributed by atoms with E-state index in [9.17, 15) is 0 Å². The fourth-order valence-electron chi connectivity index (χ4n) is 1.95. The third kappa shape index (κ3) is 5.26. The van der Waals surface area contributed by atoms with Gasteiger partial charge in [0.25, 0.3) is 0 Å². The topological polar surface area (TPSA) is 0 Å². The van der Waals surface area contributed by atoms with Crippen molar-refractivity contribution in [1.29, 1.82) is 0 Å². The molecule has 0 saturated heterocycles. The van der Waals surface area contributed by atoms with Gasteiger partial charge in [-0.25, -0.2) is 0 Å². The Morgan fingerprint density at radius 3 is 2.71 bits per heavy atom. The van der Waals surface area contributed by atoms with Crippen LogP contribution in [0.1, 0.15) is 64.7 Å². The number of unbranched alkanes of at least 4 members (excludes halogenated alkanes) is 1. The van der Waals surface area contributed by atoms with Crippen LogP contribution in [0.4, 0.5) is 0 Å². The molecule has 0 bridgehead atoms. The van der Waals surface area contributed by atoms with Crippen molar-refractivity contribution in [1.82, 2.24) is 0 Å². The summed E-state index contributed by atoms with van der Waals surface area (Å²) in [7, 11) is 0. The third-order valence-corrected chi connectivity index (χ3v) is 2.91. The van der Waals surface area contributed by atoms with Crippen LogP contribution in [0.25, 0.3) is 0 Å². The molecule has 1 rings (SSSR count). The van der Waals surface area contributed by atoms with Crippen LogP contribution >= 0.6 is 0 Å². The maximum atomic E-state index is 2.51. The molecule has 0 spiro atoms. The molecule has 0 heterocycles. The highest BCUT2D eigenvalue weighted by Crippen LogP contribution is 2.17. The first kappa shape index (κ1) is 11.6. The van der Waals surface area contributed by atoms with E-state index in [4.69, 9.17) is 0 Å². The first-order valence-electron chi connectivity index (χ1n) is 6.26. The monoisotopic (exact) mass is 192 g/mol. The Hall–Kier alpha value is -0.520. The lowest BCUT2D eigenvalue weighted by Crippen LogP contribution is -1.87. The Labute approximate surface area is 89.1 Å². The molecule has 0 atom stereocenters. The molecule has 0 nitrogen and oxygen atoms in total. The molecular weight excluding hydrogens is 168 g/mol. The highest BCUT2D eigenvalue weighted by Gasteiger charge is 1.97. The highest BCUT2D eigenvalue weighted by atomic mass is 14.0. The van der Waals surface area contributed by atoms with Crippen molar-refractivity contribution in [2.45, 2.75) is 64.7 Å². The molecule has 0 amide bonds. The summed E-state index contributed by atoms with van der Waals surface area (Å²) in [6.07, 6.45) is 19.2. The second-order valence-corrected chi connectivity index (χ2v) is 4.26. The van der Waals surface area contributed by atoms with Crippen LogP contribution in [0.2, 0.25) is 0 Å². The normalized spacial score (nSPS) is 25.1. The molecule has 0 unspecified atom stereocenters. The molecule has 0 fully saturated rings. The van der Waals surface area contributed by atoms with Gasteiger partial charge in [0.1, 0.15) is 0 Å². The quantitative estimate of drug-likeness (QED) is 0.551. The third-order valence-electron chi connectivity index (χ3n) is 2.91. The maximum Gasteiger partial charge on any atom is -0.0286 e. The van der Waals surface area contributed by atoms with Crippen molar-refractivity contribution >= 4 is 0 Å². The molecule has 0 aromatic rings. The van der Waals surface area contributed by atoms with Gasteiger partial charge in [-0.05, 0) is 51.4 Å². The average molecular weight is 192 g/mol. The number of hydrogen-bond acceptors (Lipinski definition) is 0. The fourth-order valence-corrected chi connectivity index (χ4v) is 1.95. The van der Waals surface area contributed by atoms with Crippen molar-refractivity contribution in [3.8, 4) is 0 Å². The van der Waals surface area contributed by atoms with Gasteiger partial charge in [-0.3, -0.25) is 0 Å². The van der Waals surface area contributed by atoms with E-state index in [-0.39, 0.29) is 0 Å². The molecule has 0 aromatic heterocycles. The molecule has 0 radical (unpaired) electrons. The smallest absolute Gasteiger partial charge is 0.0286 e. The minimum atomic E-state index is 1.26. The summed E-state index contributed by atoms with van der Waals surface area (Å²) in [5.41, 5.74) is 1.71. The minimum absolute atomic E-state index is 1.26. The number of hydrogen-bond donors (Lipinski definition) is 0. The molecule has 14 heavy (non-hydrogen) atoms. The van der Waals surface area contributed by atoms with Crippen LogP contribution in [0.15, 0.2) is 23.8 Å². The van der Waals surface area contributed by atoms with Crippen LogP contribution in [0, 0.1) is 0 Å². The van der Waals surface area contributed by atoms with Crippen molar-refractivity contribution in [3.63, 3.8) is 0 Å². The number of rotatable bonds is 3. The van der Waals surface area contributed by atoms with Crippen molar-refractivity contribution in [2.24, 2.45) is 0 Å². The average Bonchev–Trinajstić information content (AvgIpc) is 2.23. The van der Waals surface area contributed by atoms with Crippen molar-refractivity contribution < 1.29 is 0 Å². The van der Waals surface area contributed by atoms with E-state index in [1.54, 1.807) is 5.57 Å². The first-order valence-corrected chi connectivity index (χ1v) is 6.26. The second-order valence-electron chi connectivity index (χ2n) is 4.26. The van der Waals surface area contributed by atoms with Gasteiger partial charge in [0, 0.05) is 0 Å². The second kappa shape index (κ2) is 7.84. The van der Waals surface area contributed by atoms with Crippen molar-refractivity contribution in [3.05, 3.63) is 23.8 Å². The van der Waals surface area contributed by atoms with Gasteiger partial charge >= 0.3 is 0 Å². The standard InChI is InChI=1S/C14H24/c1-2-3-11-14-12-9-7-5-4-6-8-10-13-14/h5,7,13H,2-4,6,8-12H2,1H3/b7-5+,14-13-. The van der Waals surface area contributed by atoms with Crippen LogP contribution in [0.5, 0.6) is 0 Å². The Morgan fingerprint density at radius 1 is 1.07 bits per heavy atom. The summed E-state index contributed by atoms with van der Waals surface area (Å²) >= 11 is 0. The molecule has 0 heteroatoms. The Bertz CT molecular complexity index is 186. The van der Waals surface area contributed by atoms with Crippen LogP contribution < -0.4 is 0 Å². The molecule has 0 saturated carbocycles. The van der Waals surface area contributed by atoms with Crippen LogP contribution in [-0.2, 0) is 0 Å². The van der Waals surface area contributed by atoms with Gasteiger partial charge in [-0.1, -0.05) is 37.1 Å². The zero-order chi connectivity index (χ0) is 10.1. The van der Waals surface area contributed by atoms with Crippen LogP contribution in [0.3, 0.4) is 0 Å². The van der Waals surface area contributed by atoms with E-state index in [0.717, 1.165) is 0 Å². The minimum Gasteiger partial charge on any atom is -0.0885 e. The number of allylic oxidation sites excluding steroid dienone is 4. The molecule has 0 N–H and O–H groups in total.